The average molecular weight is 240 g/mol. The monoisotopic (exact) mass is 240 g/mol. The number of nitrogens with zero attached hydrogens (tertiary/aromatic N) is 1. The van der Waals surface area contributed by atoms with E-state index < -0.39 is 0 Å². The van der Waals surface area contributed by atoms with Gasteiger partial charge in [0.15, 0.2) is 0 Å². The minimum absolute atomic E-state index is 0.176. The van der Waals surface area contributed by atoms with Gasteiger partial charge in [0, 0.05) is 17.4 Å². The number of hydrogen-bond donors (Lipinski definition) is 1. The van der Waals surface area contributed by atoms with Crippen LogP contribution in [0.1, 0.15) is 32.6 Å². The van der Waals surface area contributed by atoms with Crippen LogP contribution >= 0.6 is 11.8 Å². The molecule has 0 aromatic heterocycles. The second-order valence-corrected chi connectivity index (χ2v) is 5.54. The Hall–Kier alpha value is -0.840. The summed E-state index contributed by atoms with van der Waals surface area (Å²) in [6, 6.07) is -0.00987. The Morgan fingerprint density at radius 1 is 1.56 bits per heavy atom. The summed E-state index contributed by atoms with van der Waals surface area (Å²) in [5.41, 5.74) is 1.03. The number of carbonyl (C=O) groups is 2. The molecule has 0 aliphatic carbocycles. The fourth-order valence-corrected chi connectivity index (χ4v) is 3.51. The molecule has 16 heavy (non-hydrogen) atoms. The van der Waals surface area contributed by atoms with Crippen LogP contribution in [0.5, 0.6) is 0 Å². The van der Waals surface area contributed by atoms with Gasteiger partial charge in [-0.25, -0.2) is 4.79 Å². The third kappa shape index (κ3) is 2.64. The average Bonchev–Trinajstić information content (AvgIpc) is 2.72. The van der Waals surface area contributed by atoms with E-state index in [-0.39, 0.29) is 17.9 Å². The molecule has 0 saturated carbocycles. The number of ketones is 1. The summed E-state index contributed by atoms with van der Waals surface area (Å²) in [6.07, 6.45) is 3.69. The minimum Gasteiger partial charge on any atom is -0.327 e. The van der Waals surface area contributed by atoms with Gasteiger partial charge in [0.1, 0.15) is 5.78 Å². The maximum Gasteiger partial charge on any atom is 0.341 e. The Balaban J connectivity index is 1.76. The molecule has 0 bridgehead atoms. The van der Waals surface area contributed by atoms with E-state index in [4.69, 9.17) is 0 Å². The topological polar surface area (TPSA) is 58.5 Å². The Morgan fingerprint density at radius 2 is 2.38 bits per heavy atom. The molecule has 0 aromatic rings. The van der Waals surface area contributed by atoms with Crippen molar-refractivity contribution in [1.29, 1.82) is 0 Å². The van der Waals surface area contributed by atoms with E-state index in [1.807, 2.05) is 11.8 Å². The summed E-state index contributed by atoms with van der Waals surface area (Å²) in [7, 11) is 0. The number of thioether (sulfide) groups is 1. The van der Waals surface area contributed by atoms with Gasteiger partial charge in [0.25, 0.3) is 0 Å². The molecule has 2 rings (SSSR count). The molecule has 0 radical (unpaired) electrons. The van der Waals surface area contributed by atoms with Gasteiger partial charge in [0.05, 0.1) is 11.8 Å². The van der Waals surface area contributed by atoms with E-state index >= 15 is 0 Å². The molecule has 0 aromatic carbocycles. The number of Topliss-reactive ketones (excluding diaryl/α,β-unsaturated/α-hetero) is 1. The standard InChI is InChI=1S/C11H16N2O2S/c1-7(14)4-2-3-5-9-10-8(6-16-9)12-11(15)13-10/h8-9H,2-6H2,1H3,(H,12,15)/t8-,9-/m0/s1. The molecule has 1 fully saturated rings. The zero-order chi connectivity index (χ0) is 11.5. The van der Waals surface area contributed by atoms with E-state index in [1.54, 1.807) is 6.92 Å². The first-order valence-electron chi connectivity index (χ1n) is 5.67. The third-order valence-electron chi connectivity index (χ3n) is 2.92. The number of carbonyl (C=O) groups excluding carboxylic acids is 2. The van der Waals surface area contributed by atoms with Gasteiger partial charge in [-0.15, -0.1) is 11.8 Å². The quantitative estimate of drug-likeness (QED) is 0.745. The van der Waals surface area contributed by atoms with E-state index in [2.05, 4.69) is 10.3 Å². The molecule has 0 spiro atoms. The molecule has 2 amide bonds. The predicted octanol–water partition coefficient (Wildman–Crippen LogP) is 1.78. The molecule has 5 heteroatoms. The van der Waals surface area contributed by atoms with Crippen molar-refractivity contribution in [2.75, 3.05) is 5.75 Å². The highest BCUT2D eigenvalue weighted by Gasteiger charge is 2.37. The molecule has 1 N–H and O–H groups in total. The van der Waals surface area contributed by atoms with Gasteiger partial charge in [0.2, 0.25) is 0 Å². The highest BCUT2D eigenvalue weighted by atomic mass is 32.2. The van der Waals surface area contributed by atoms with Crippen LogP contribution < -0.4 is 5.32 Å². The van der Waals surface area contributed by atoms with Crippen molar-refractivity contribution < 1.29 is 9.59 Å². The van der Waals surface area contributed by atoms with Crippen LogP contribution in [-0.2, 0) is 4.79 Å². The predicted molar refractivity (Wildman–Crippen MR) is 65.1 cm³/mol. The van der Waals surface area contributed by atoms with Gasteiger partial charge in [-0.1, -0.05) is 6.42 Å². The number of fused-ring (bicyclic) bond motifs is 1. The van der Waals surface area contributed by atoms with Crippen molar-refractivity contribution in [1.82, 2.24) is 5.32 Å². The van der Waals surface area contributed by atoms with Gasteiger partial charge < -0.3 is 10.1 Å². The number of amides is 2. The highest BCUT2D eigenvalue weighted by molar-refractivity contribution is 8.01. The number of aliphatic imine (C=N–C) groups is 1. The first-order valence-corrected chi connectivity index (χ1v) is 6.71. The fourth-order valence-electron chi connectivity index (χ4n) is 2.11. The van der Waals surface area contributed by atoms with E-state index in [9.17, 15) is 9.59 Å². The Morgan fingerprint density at radius 3 is 3.12 bits per heavy atom. The molecule has 2 atom stereocenters. The van der Waals surface area contributed by atoms with E-state index in [1.165, 1.54) is 0 Å². The Bertz CT molecular complexity index is 341. The summed E-state index contributed by atoms with van der Waals surface area (Å²) in [5, 5.41) is 3.22. The summed E-state index contributed by atoms with van der Waals surface area (Å²) in [6.45, 7) is 1.63. The third-order valence-corrected chi connectivity index (χ3v) is 4.33. The summed E-state index contributed by atoms with van der Waals surface area (Å²) < 4.78 is 0. The molecule has 2 aliphatic heterocycles. The van der Waals surface area contributed by atoms with E-state index in [0.29, 0.717) is 11.7 Å². The lowest BCUT2D eigenvalue weighted by molar-refractivity contribution is -0.117. The van der Waals surface area contributed by atoms with Crippen molar-refractivity contribution in [3.63, 3.8) is 0 Å². The maximum absolute atomic E-state index is 11.1. The number of hydrogen-bond acceptors (Lipinski definition) is 3. The summed E-state index contributed by atoms with van der Waals surface area (Å²) >= 11 is 1.86. The van der Waals surface area contributed by atoms with Crippen molar-refractivity contribution in [3.8, 4) is 0 Å². The van der Waals surface area contributed by atoms with E-state index in [0.717, 1.165) is 30.7 Å². The normalized spacial score (nSPS) is 27.6. The second-order valence-electron chi connectivity index (χ2n) is 4.31. The SMILES string of the molecule is CC(=O)CCCC[C@@H]1SC[C@@H]2NC(=O)N=C21. The van der Waals surface area contributed by atoms with Crippen LogP contribution in [0.3, 0.4) is 0 Å². The van der Waals surface area contributed by atoms with Gasteiger partial charge in [-0.05, 0) is 19.8 Å². The highest BCUT2D eigenvalue weighted by Crippen LogP contribution is 2.31. The molecule has 0 unspecified atom stereocenters. The number of nitrogens with one attached hydrogen (secondary N) is 1. The molecule has 4 nitrogen and oxygen atoms in total. The molecule has 88 valence electrons. The lowest BCUT2D eigenvalue weighted by Crippen LogP contribution is -2.32. The molecule has 2 heterocycles. The van der Waals surface area contributed by atoms with Gasteiger partial charge >= 0.3 is 6.03 Å². The van der Waals surface area contributed by atoms with Crippen molar-refractivity contribution in [3.05, 3.63) is 0 Å². The summed E-state index contributed by atoms with van der Waals surface area (Å²) in [4.78, 5) is 25.9. The van der Waals surface area contributed by atoms with Crippen LogP contribution in [0.4, 0.5) is 4.79 Å². The number of rotatable bonds is 5. The van der Waals surface area contributed by atoms with Crippen LogP contribution in [0.15, 0.2) is 4.99 Å². The maximum atomic E-state index is 11.1. The first kappa shape index (κ1) is 11.6. The second kappa shape index (κ2) is 4.99. The van der Waals surface area contributed by atoms with Crippen molar-refractivity contribution >= 4 is 29.3 Å². The number of urea groups is 1. The van der Waals surface area contributed by atoms with Crippen LogP contribution in [0, 0.1) is 0 Å². The lowest BCUT2D eigenvalue weighted by atomic mass is 10.0. The fraction of sp³-hybridized carbons (Fsp3) is 0.727. The molecular formula is C11H16N2O2S. The first-order chi connectivity index (χ1) is 7.66. The minimum atomic E-state index is -0.186. The number of unbranched alkanes of at least 4 members (excludes halogenated alkanes) is 1. The largest absolute Gasteiger partial charge is 0.341 e. The molecular weight excluding hydrogens is 224 g/mol. The van der Waals surface area contributed by atoms with Gasteiger partial charge in [-0.2, -0.15) is 4.99 Å². The Labute approximate surface area is 99.3 Å². The Kier molecular flexibility index (Phi) is 3.63. The van der Waals surface area contributed by atoms with Crippen LogP contribution in [-0.4, -0.2) is 34.6 Å². The van der Waals surface area contributed by atoms with Crippen molar-refractivity contribution in [2.24, 2.45) is 4.99 Å². The van der Waals surface area contributed by atoms with Crippen molar-refractivity contribution in [2.45, 2.75) is 43.9 Å². The lowest BCUT2D eigenvalue weighted by Gasteiger charge is -2.08. The molecule has 1 saturated heterocycles. The smallest absolute Gasteiger partial charge is 0.327 e. The van der Waals surface area contributed by atoms with Gasteiger partial charge in [-0.3, -0.25) is 0 Å². The van der Waals surface area contributed by atoms with Crippen LogP contribution in [0.25, 0.3) is 0 Å². The molecule has 2 aliphatic rings. The summed E-state index contributed by atoms with van der Waals surface area (Å²) in [5.74, 6) is 1.20. The zero-order valence-electron chi connectivity index (χ0n) is 9.36. The van der Waals surface area contributed by atoms with Crippen LogP contribution in [0.2, 0.25) is 0 Å². The zero-order valence-corrected chi connectivity index (χ0v) is 10.2.